The van der Waals surface area contributed by atoms with Crippen LogP contribution >= 0.6 is 0 Å². The van der Waals surface area contributed by atoms with Crippen LogP contribution in [0.15, 0.2) is 0 Å². The molecule has 12 heavy (non-hydrogen) atoms. The summed E-state index contributed by atoms with van der Waals surface area (Å²) in [6.45, 7) is 7.29. The molecule has 0 amide bonds. The number of morpholine rings is 1. The minimum absolute atomic E-state index is 0.0473. The minimum Gasteiger partial charge on any atom is -0.379 e. The fourth-order valence-corrected chi connectivity index (χ4v) is 1.49. The van der Waals surface area contributed by atoms with Crippen molar-refractivity contribution in [1.82, 2.24) is 4.90 Å². The summed E-state index contributed by atoms with van der Waals surface area (Å²) in [4.78, 5) is 12.8. The predicted octanol–water partition coefficient (Wildman–Crippen LogP) is 0.453. The third kappa shape index (κ3) is 2.29. The molecule has 1 unspecified atom stereocenters. The van der Waals surface area contributed by atoms with Gasteiger partial charge in [0.05, 0.1) is 19.3 Å². The van der Waals surface area contributed by atoms with Gasteiger partial charge in [-0.25, -0.2) is 0 Å². The highest BCUT2D eigenvalue weighted by Crippen LogP contribution is 2.10. The van der Waals surface area contributed by atoms with E-state index in [2.05, 4.69) is 11.2 Å². The quantitative estimate of drug-likeness (QED) is 0.616. The number of hydrogen-bond donors (Lipinski definition) is 0. The van der Waals surface area contributed by atoms with E-state index in [1.54, 1.807) is 0 Å². The molecule has 3 nitrogen and oxygen atoms in total. The van der Waals surface area contributed by atoms with E-state index in [9.17, 15) is 4.79 Å². The van der Waals surface area contributed by atoms with E-state index in [-0.39, 0.29) is 6.04 Å². The van der Waals surface area contributed by atoms with Gasteiger partial charge in [-0.2, -0.15) is 0 Å². The number of ether oxygens (including phenoxy) is 1. The van der Waals surface area contributed by atoms with Crippen molar-refractivity contribution in [2.24, 2.45) is 5.92 Å². The minimum atomic E-state index is -0.0473. The van der Waals surface area contributed by atoms with E-state index < -0.39 is 0 Å². The smallest absolute Gasteiger partial charge is 0.217 e. The van der Waals surface area contributed by atoms with Crippen molar-refractivity contribution in [1.29, 1.82) is 0 Å². The summed E-state index contributed by atoms with van der Waals surface area (Å²) in [5.74, 6) is 0.348. The lowest BCUT2D eigenvalue weighted by molar-refractivity contribution is 0.0210. The number of hydrogen-bond acceptors (Lipinski definition) is 3. The number of carbonyl (C=O) groups excluding carboxylic acids is 1. The molecule has 1 heterocycles. The third-order valence-electron chi connectivity index (χ3n) is 2.19. The lowest BCUT2D eigenvalue weighted by Gasteiger charge is -2.32. The molecule has 0 aromatic rings. The molecule has 0 spiro atoms. The molecule has 1 aliphatic rings. The third-order valence-corrected chi connectivity index (χ3v) is 2.19. The lowest BCUT2D eigenvalue weighted by Crippen LogP contribution is -2.46. The maximum absolute atomic E-state index is 10.6. The molecule has 1 fully saturated rings. The molecule has 0 bridgehead atoms. The van der Waals surface area contributed by atoms with Gasteiger partial charge in [-0.05, 0) is 5.92 Å². The highest BCUT2D eigenvalue weighted by atomic mass is 16.5. The normalized spacial score (nSPS) is 22.6. The molecule has 0 N–H and O–H groups in total. The van der Waals surface area contributed by atoms with Crippen LogP contribution < -0.4 is 0 Å². The first-order valence-electron chi connectivity index (χ1n) is 4.45. The second-order valence-electron chi connectivity index (χ2n) is 3.46. The Morgan fingerprint density at radius 3 is 2.33 bits per heavy atom. The van der Waals surface area contributed by atoms with E-state index in [1.807, 2.05) is 13.8 Å². The average Bonchev–Trinajstić information content (AvgIpc) is 2.07. The van der Waals surface area contributed by atoms with Gasteiger partial charge < -0.3 is 4.74 Å². The van der Waals surface area contributed by atoms with Crippen molar-refractivity contribution < 1.29 is 9.53 Å². The molecule has 0 aliphatic carbocycles. The first kappa shape index (κ1) is 9.68. The van der Waals surface area contributed by atoms with Crippen LogP contribution in [0.1, 0.15) is 13.8 Å². The molecule has 1 atom stereocenters. The zero-order valence-corrected chi connectivity index (χ0v) is 7.75. The van der Waals surface area contributed by atoms with Gasteiger partial charge in [0.15, 0.2) is 0 Å². The van der Waals surface area contributed by atoms with E-state index in [0.717, 1.165) is 26.3 Å². The second-order valence-corrected chi connectivity index (χ2v) is 3.46. The molecular weight excluding hydrogens is 154 g/mol. The fraction of sp³-hybridized carbons (Fsp3) is 0.889. The largest absolute Gasteiger partial charge is 0.379 e. The van der Waals surface area contributed by atoms with Crippen LogP contribution in [0.4, 0.5) is 0 Å². The van der Waals surface area contributed by atoms with Gasteiger partial charge in [0.2, 0.25) is 6.29 Å². The van der Waals surface area contributed by atoms with Crippen LogP contribution in [0.3, 0.4) is 0 Å². The highest BCUT2D eigenvalue weighted by Gasteiger charge is 2.23. The first-order chi connectivity index (χ1) is 5.75. The topological polar surface area (TPSA) is 29.5 Å². The molecular formula is C9H16NO2. The Kier molecular flexibility index (Phi) is 3.69. The summed E-state index contributed by atoms with van der Waals surface area (Å²) in [5, 5.41) is 0. The molecule has 1 rings (SSSR count). The zero-order valence-electron chi connectivity index (χ0n) is 7.75. The average molecular weight is 170 g/mol. The number of rotatable bonds is 3. The van der Waals surface area contributed by atoms with Crippen molar-refractivity contribution >= 4 is 6.29 Å². The molecule has 0 saturated carbocycles. The summed E-state index contributed by atoms with van der Waals surface area (Å²) in [6, 6.07) is -0.0473. The predicted molar refractivity (Wildman–Crippen MR) is 46.7 cm³/mol. The van der Waals surface area contributed by atoms with Crippen LogP contribution in [0.2, 0.25) is 0 Å². The Labute approximate surface area is 73.7 Å². The molecule has 69 valence electrons. The summed E-state index contributed by atoms with van der Waals surface area (Å²) >= 11 is 0. The summed E-state index contributed by atoms with van der Waals surface area (Å²) in [6.07, 6.45) is 2.09. The molecule has 1 saturated heterocycles. The van der Waals surface area contributed by atoms with Gasteiger partial charge in [-0.1, -0.05) is 13.8 Å². The van der Waals surface area contributed by atoms with Gasteiger partial charge in [0, 0.05) is 13.1 Å². The van der Waals surface area contributed by atoms with Crippen LogP contribution in [-0.2, 0) is 9.53 Å². The van der Waals surface area contributed by atoms with Gasteiger partial charge in [0.1, 0.15) is 0 Å². The lowest BCUT2D eigenvalue weighted by atomic mass is 10.0. The molecule has 1 radical (unpaired) electrons. The monoisotopic (exact) mass is 170 g/mol. The van der Waals surface area contributed by atoms with Crippen molar-refractivity contribution in [2.75, 3.05) is 26.3 Å². The van der Waals surface area contributed by atoms with Crippen LogP contribution in [0.5, 0.6) is 0 Å². The van der Waals surface area contributed by atoms with E-state index >= 15 is 0 Å². The van der Waals surface area contributed by atoms with Gasteiger partial charge >= 0.3 is 0 Å². The van der Waals surface area contributed by atoms with E-state index in [0.29, 0.717) is 5.92 Å². The maximum Gasteiger partial charge on any atom is 0.217 e. The van der Waals surface area contributed by atoms with Crippen LogP contribution in [-0.4, -0.2) is 43.5 Å². The molecule has 0 aromatic heterocycles. The van der Waals surface area contributed by atoms with Crippen molar-refractivity contribution in [3.05, 3.63) is 0 Å². The maximum atomic E-state index is 10.6. The second kappa shape index (κ2) is 4.58. The summed E-state index contributed by atoms with van der Waals surface area (Å²) in [7, 11) is 0. The van der Waals surface area contributed by atoms with Crippen LogP contribution in [0.25, 0.3) is 0 Å². The Morgan fingerprint density at radius 2 is 1.92 bits per heavy atom. The SMILES string of the molecule is CC(C)C([C]=O)N1CCOCC1. The van der Waals surface area contributed by atoms with Crippen molar-refractivity contribution in [2.45, 2.75) is 19.9 Å². The van der Waals surface area contributed by atoms with Crippen molar-refractivity contribution in [3.8, 4) is 0 Å². The van der Waals surface area contributed by atoms with E-state index in [1.165, 1.54) is 0 Å². The van der Waals surface area contributed by atoms with Gasteiger partial charge in [-0.15, -0.1) is 0 Å². The Hall–Kier alpha value is -0.410. The molecule has 1 aliphatic heterocycles. The van der Waals surface area contributed by atoms with Gasteiger partial charge in [0.25, 0.3) is 0 Å². The highest BCUT2D eigenvalue weighted by molar-refractivity contribution is 5.58. The fourth-order valence-electron chi connectivity index (χ4n) is 1.49. The van der Waals surface area contributed by atoms with Gasteiger partial charge in [-0.3, -0.25) is 9.69 Å². The zero-order chi connectivity index (χ0) is 8.97. The Balaban J connectivity index is 2.45. The summed E-state index contributed by atoms with van der Waals surface area (Å²) in [5.41, 5.74) is 0. The molecule has 0 aromatic carbocycles. The first-order valence-corrected chi connectivity index (χ1v) is 4.45. The standard InChI is InChI=1S/C9H16NO2/c1-8(2)9(7-11)10-3-5-12-6-4-10/h8-9H,3-6H2,1-2H3. The number of nitrogens with zero attached hydrogens (tertiary/aromatic N) is 1. The van der Waals surface area contributed by atoms with Crippen molar-refractivity contribution in [3.63, 3.8) is 0 Å². The molecule has 3 heteroatoms. The Morgan fingerprint density at radius 1 is 1.33 bits per heavy atom. The Bertz CT molecular complexity index is 141. The van der Waals surface area contributed by atoms with E-state index in [4.69, 9.17) is 4.74 Å². The summed E-state index contributed by atoms with van der Waals surface area (Å²) < 4.78 is 5.20. The van der Waals surface area contributed by atoms with Crippen LogP contribution in [0, 0.1) is 5.92 Å².